The number of aliphatic hydroxyl groups is 1. The normalized spacial score (nSPS) is 12.6. The van der Waals surface area contributed by atoms with Gasteiger partial charge in [-0.1, -0.05) is 48.5 Å². The number of ether oxygens (including phenoxy) is 4. The van der Waals surface area contributed by atoms with E-state index in [4.69, 9.17) is 14.2 Å². The third-order valence-electron chi connectivity index (χ3n) is 5.19. The molecule has 0 fully saturated rings. The van der Waals surface area contributed by atoms with Crippen molar-refractivity contribution in [2.45, 2.75) is 65.1 Å². The number of hydrogen-bond donors (Lipinski definition) is 2. The van der Waals surface area contributed by atoms with Crippen LogP contribution in [0.5, 0.6) is 5.75 Å². The number of carbonyl (C=O) groups excluding carboxylic acids is 3. The summed E-state index contributed by atoms with van der Waals surface area (Å²) in [5.41, 5.74) is 0.979. The Labute approximate surface area is 223 Å². The maximum absolute atomic E-state index is 12.7. The van der Waals surface area contributed by atoms with Crippen molar-refractivity contribution in [2.24, 2.45) is 0 Å². The largest absolute Gasteiger partial charge is 0.489 e. The Kier molecular flexibility index (Phi) is 11.9. The molecule has 208 valence electrons. The summed E-state index contributed by atoms with van der Waals surface area (Å²) >= 11 is 0. The number of nitrogens with zero attached hydrogens (tertiary/aromatic N) is 1. The molecule has 2 rings (SSSR count). The van der Waals surface area contributed by atoms with Crippen molar-refractivity contribution < 1.29 is 38.4 Å². The van der Waals surface area contributed by atoms with Crippen molar-refractivity contribution in [3.05, 3.63) is 65.7 Å². The lowest BCUT2D eigenvalue weighted by Crippen LogP contribution is -2.50. The van der Waals surface area contributed by atoms with Gasteiger partial charge in [0.1, 0.15) is 24.1 Å². The lowest BCUT2D eigenvalue weighted by Gasteiger charge is -2.31. The molecule has 2 N–H and O–H groups in total. The van der Waals surface area contributed by atoms with Crippen LogP contribution < -0.4 is 10.1 Å². The fourth-order valence-corrected chi connectivity index (χ4v) is 3.43. The van der Waals surface area contributed by atoms with E-state index in [-0.39, 0.29) is 13.2 Å². The van der Waals surface area contributed by atoms with Gasteiger partial charge in [-0.15, -0.1) is 0 Å². The second kappa shape index (κ2) is 14.8. The van der Waals surface area contributed by atoms with Crippen LogP contribution in [0.2, 0.25) is 0 Å². The first-order chi connectivity index (χ1) is 18.0. The van der Waals surface area contributed by atoms with E-state index in [0.717, 1.165) is 23.1 Å². The molecule has 0 aliphatic heterocycles. The molecule has 0 aromatic heterocycles. The molecule has 2 aromatic rings. The lowest BCUT2D eigenvalue weighted by molar-refractivity contribution is -0.161. The molecule has 0 radical (unpaired) electrons. The molecular formula is C28H38N2O8. The number of amides is 2. The molecule has 0 bridgehead atoms. The van der Waals surface area contributed by atoms with Crippen LogP contribution >= 0.6 is 0 Å². The van der Waals surface area contributed by atoms with Gasteiger partial charge >= 0.3 is 18.2 Å². The fourth-order valence-electron chi connectivity index (χ4n) is 3.43. The average molecular weight is 531 g/mol. The highest BCUT2D eigenvalue weighted by Crippen LogP contribution is 2.22. The molecular weight excluding hydrogens is 492 g/mol. The van der Waals surface area contributed by atoms with Gasteiger partial charge in [0.25, 0.3) is 0 Å². The highest BCUT2D eigenvalue weighted by molar-refractivity contribution is 5.80. The van der Waals surface area contributed by atoms with Crippen LogP contribution in [-0.4, -0.2) is 66.3 Å². The second-order valence-electron chi connectivity index (χ2n) is 9.66. The Morgan fingerprint density at radius 1 is 1.03 bits per heavy atom. The summed E-state index contributed by atoms with van der Waals surface area (Å²) in [5, 5.41) is 13.1. The maximum atomic E-state index is 12.7. The SMILES string of the molecule is COC(=O)[C@H](O)N(C[C@@H](C)Oc1ccccc1CCCNC(=O)OCc1ccccc1)C(=O)OC(C)(C)C. The summed E-state index contributed by atoms with van der Waals surface area (Å²) < 4.78 is 21.2. The summed E-state index contributed by atoms with van der Waals surface area (Å²) in [6.07, 6.45) is -2.55. The number of para-hydroxylation sites is 1. The number of carbonyl (C=O) groups is 3. The zero-order chi connectivity index (χ0) is 28.1. The zero-order valence-electron chi connectivity index (χ0n) is 22.6. The van der Waals surface area contributed by atoms with Gasteiger partial charge < -0.3 is 29.4 Å². The van der Waals surface area contributed by atoms with Crippen LogP contribution in [-0.2, 0) is 32.0 Å². The van der Waals surface area contributed by atoms with E-state index < -0.39 is 36.1 Å². The number of benzene rings is 2. The van der Waals surface area contributed by atoms with E-state index in [0.29, 0.717) is 25.1 Å². The lowest BCUT2D eigenvalue weighted by atomic mass is 10.1. The molecule has 2 atom stereocenters. The summed E-state index contributed by atoms with van der Waals surface area (Å²) in [5.74, 6) is -0.401. The van der Waals surface area contributed by atoms with Crippen molar-refractivity contribution in [1.82, 2.24) is 10.2 Å². The number of nitrogens with one attached hydrogen (secondary N) is 1. The minimum Gasteiger partial charge on any atom is -0.489 e. The highest BCUT2D eigenvalue weighted by Gasteiger charge is 2.33. The van der Waals surface area contributed by atoms with Crippen molar-refractivity contribution >= 4 is 18.2 Å². The van der Waals surface area contributed by atoms with E-state index in [1.165, 1.54) is 0 Å². The first-order valence-electron chi connectivity index (χ1n) is 12.4. The smallest absolute Gasteiger partial charge is 0.412 e. The minimum atomic E-state index is -1.84. The van der Waals surface area contributed by atoms with Gasteiger partial charge in [-0.25, -0.2) is 14.4 Å². The number of aryl methyl sites for hydroxylation is 1. The highest BCUT2D eigenvalue weighted by atomic mass is 16.6. The standard InChI is InChI=1S/C28H38N2O8/c1-20(18-30(24(31)25(32)35-5)27(34)38-28(2,3)4)37-23-16-10-9-14-22(23)15-11-17-29-26(33)36-19-21-12-7-6-8-13-21/h6-10,12-14,16,20,24,31H,11,15,17-19H2,1-5H3,(H,29,33)/t20-,24+/m1/s1. The summed E-state index contributed by atoms with van der Waals surface area (Å²) in [6, 6.07) is 16.8. The zero-order valence-corrected chi connectivity index (χ0v) is 22.6. The number of esters is 1. The van der Waals surface area contributed by atoms with E-state index >= 15 is 0 Å². The Balaban J connectivity index is 1.91. The Morgan fingerprint density at radius 3 is 2.34 bits per heavy atom. The summed E-state index contributed by atoms with van der Waals surface area (Å²) in [6.45, 7) is 7.24. The molecule has 0 heterocycles. The topological polar surface area (TPSA) is 124 Å². The monoisotopic (exact) mass is 530 g/mol. The number of hydrogen-bond acceptors (Lipinski definition) is 8. The third kappa shape index (κ3) is 10.7. The van der Waals surface area contributed by atoms with Gasteiger partial charge in [0, 0.05) is 6.54 Å². The van der Waals surface area contributed by atoms with Crippen LogP contribution in [0, 0.1) is 0 Å². The van der Waals surface area contributed by atoms with Crippen LogP contribution in [0.3, 0.4) is 0 Å². The number of alkyl carbamates (subject to hydrolysis) is 1. The first kappa shape index (κ1) is 30.4. The molecule has 0 saturated heterocycles. The first-order valence-corrected chi connectivity index (χ1v) is 12.4. The summed E-state index contributed by atoms with van der Waals surface area (Å²) in [7, 11) is 1.12. The quantitative estimate of drug-likeness (QED) is 0.182. The van der Waals surface area contributed by atoms with Crippen molar-refractivity contribution in [2.75, 3.05) is 20.2 Å². The molecule has 0 unspecified atom stereocenters. The Hall–Kier alpha value is -3.79. The van der Waals surface area contributed by atoms with Crippen LogP contribution in [0.25, 0.3) is 0 Å². The minimum absolute atomic E-state index is 0.131. The molecule has 2 aromatic carbocycles. The molecule has 0 spiro atoms. The molecule has 10 nitrogen and oxygen atoms in total. The van der Waals surface area contributed by atoms with Crippen molar-refractivity contribution in [3.63, 3.8) is 0 Å². The van der Waals surface area contributed by atoms with Gasteiger partial charge in [-0.3, -0.25) is 4.90 Å². The predicted octanol–water partition coefficient (Wildman–Crippen LogP) is 4.04. The van der Waals surface area contributed by atoms with Gasteiger partial charge in [-0.05, 0) is 57.7 Å². The molecule has 10 heteroatoms. The Bertz CT molecular complexity index is 1040. The Morgan fingerprint density at radius 2 is 1.68 bits per heavy atom. The van der Waals surface area contributed by atoms with E-state index in [9.17, 15) is 19.5 Å². The molecule has 38 heavy (non-hydrogen) atoms. The van der Waals surface area contributed by atoms with Crippen LogP contribution in [0.1, 0.15) is 45.2 Å². The van der Waals surface area contributed by atoms with E-state index in [1.807, 2.05) is 48.5 Å². The molecule has 0 saturated carbocycles. The molecule has 0 aliphatic carbocycles. The van der Waals surface area contributed by atoms with E-state index in [1.54, 1.807) is 33.8 Å². The van der Waals surface area contributed by atoms with Gasteiger partial charge in [-0.2, -0.15) is 0 Å². The van der Waals surface area contributed by atoms with E-state index in [2.05, 4.69) is 10.1 Å². The summed E-state index contributed by atoms with van der Waals surface area (Å²) in [4.78, 5) is 37.4. The second-order valence-corrected chi connectivity index (χ2v) is 9.66. The number of aliphatic hydroxyl groups excluding tert-OH is 1. The average Bonchev–Trinajstić information content (AvgIpc) is 2.88. The van der Waals surface area contributed by atoms with Crippen molar-refractivity contribution in [1.29, 1.82) is 0 Å². The third-order valence-corrected chi connectivity index (χ3v) is 5.19. The van der Waals surface area contributed by atoms with Gasteiger partial charge in [0.05, 0.1) is 13.7 Å². The number of methoxy groups -OCH3 is 1. The van der Waals surface area contributed by atoms with Crippen molar-refractivity contribution in [3.8, 4) is 5.75 Å². The molecule has 2 amide bonds. The fraction of sp³-hybridized carbons (Fsp3) is 0.464. The van der Waals surface area contributed by atoms with Gasteiger partial charge in [0.2, 0.25) is 6.23 Å². The van der Waals surface area contributed by atoms with Crippen LogP contribution in [0.15, 0.2) is 54.6 Å². The van der Waals surface area contributed by atoms with Gasteiger partial charge in [0.15, 0.2) is 0 Å². The molecule has 0 aliphatic rings. The van der Waals surface area contributed by atoms with Crippen LogP contribution in [0.4, 0.5) is 9.59 Å². The number of rotatable bonds is 12. The maximum Gasteiger partial charge on any atom is 0.412 e. The predicted molar refractivity (Wildman–Crippen MR) is 140 cm³/mol.